The van der Waals surface area contributed by atoms with Crippen molar-refractivity contribution in [2.24, 2.45) is 5.92 Å². The molecule has 5 heteroatoms. The minimum Gasteiger partial charge on any atom is -0.341 e. The van der Waals surface area contributed by atoms with Crippen LogP contribution in [0.15, 0.2) is 0 Å². The zero-order chi connectivity index (χ0) is 13.8. The van der Waals surface area contributed by atoms with Gasteiger partial charge in [-0.05, 0) is 25.8 Å². The van der Waals surface area contributed by atoms with Crippen molar-refractivity contribution in [3.63, 3.8) is 0 Å². The molecule has 0 spiro atoms. The highest BCUT2D eigenvalue weighted by Crippen LogP contribution is 2.12. The Balaban J connectivity index is 1.89. The van der Waals surface area contributed by atoms with E-state index in [1.54, 1.807) is 0 Å². The van der Waals surface area contributed by atoms with Gasteiger partial charge in [0, 0.05) is 32.1 Å². The Bertz CT molecular complexity index is 338. The molecule has 0 bridgehead atoms. The summed E-state index contributed by atoms with van der Waals surface area (Å²) in [5.41, 5.74) is 0. The number of hydrogen-bond acceptors (Lipinski definition) is 3. The van der Waals surface area contributed by atoms with Gasteiger partial charge >= 0.3 is 0 Å². The predicted octanol–water partition coefficient (Wildman–Crippen LogP) is 0.455. The average molecular weight is 267 g/mol. The smallest absolute Gasteiger partial charge is 0.239 e. The summed E-state index contributed by atoms with van der Waals surface area (Å²) >= 11 is 0. The molecule has 0 aromatic carbocycles. The number of nitrogens with zero attached hydrogens (tertiary/aromatic N) is 2. The molecule has 0 saturated carbocycles. The molecule has 1 unspecified atom stereocenters. The molecule has 0 aromatic heterocycles. The fourth-order valence-electron chi connectivity index (χ4n) is 2.84. The van der Waals surface area contributed by atoms with Gasteiger partial charge in [-0.2, -0.15) is 0 Å². The van der Waals surface area contributed by atoms with Gasteiger partial charge in [-0.3, -0.25) is 9.59 Å². The van der Waals surface area contributed by atoms with Crippen LogP contribution in [0, 0.1) is 5.92 Å². The van der Waals surface area contributed by atoms with Crippen LogP contribution in [0.2, 0.25) is 0 Å². The van der Waals surface area contributed by atoms with E-state index in [2.05, 4.69) is 5.32 Å². The fourth-order valence-corrected chi connectivity index (χ4v) is 2.84. The number of carbonyl (C=O) groups excluding carboxylic acids is 2. The first-order chi connectivity index (χ1) is 9.09. The second kappa shape index (κ2) is 6.37. The number of carbonyl (C=O) groups is 2. The van der Waals surface area contributed by atoms with E-state index < -0.39 is 0 Å². The van der Waals surface area contributed by atoms with Gasteiger partial charge in [0.1, 0.15) is 0 Å². The van der Waals surface area contributed by atoms with E-state index in [4.69, 9.17) is 0 Å². The monoisotopic (exact) mass is 267 g/mol. The number of nitrogens with one attached hydrogen (secondary N) is 1. The number of amides is 2. The molecule has 0 radical (unpaired) electrons. The number of rotatable bonds is 2. The first-order valence-electron chi connectivity index (χ1n) is 7.40. The van der Waals surface area contributed by atoms with Crippen LogP contribution in [0.4, 0.5) is 0 Å². The molecule has 2 amide bonds. The van der Waals surface area contributed by atoms with E-state index in [0.717, 1.165) is 38.9 Å². The summed E-state index contributed by atoms with van der Waals surface area (Å²) in [5.74, 6) is 0.461. The van der Waals surface area contributed by atoms with E-state index in [9.17, 15) is 9.59 Å². The third-order valence-corrected chi connectivity index (χ3v) is 3.97. The topological polar surface area (TPSA) is 52.7 Å². The summed E-state index contributed by atoms with van der Waals surface area (Å²) in [4.78, 5) is 28.1. The third kappa shape index (κ3) is 3.47. The summed E-state index contributed by atoms with van der Waals surface area (Å²) in [7, 11) is 0. The van der Waals surface area contributed by atoms with E-state index in [1.807, 2.05) is 23.6 Å². The highest BCUT2D eigenvalue weighted by molar-refractivity contribution is 5.82. The van der Waals surface area contributed by atoms with E-state index >= 15 is 0 Å². The fraction of sp³-hybridized carbons (Fsp3) is 0.857. The Morgan fingerprint density at radius 3 is 2.37 bits per heavy atom. The molecule has 2 aliphatic rings. The molecule has 1 N–H and O–H groups in total. The maximum absolute atomic E-state index is 12.3. The first-order valence-corrected chi connectivity index (χ1v) is 7.40. The lowest BCUT2D eigenvalue weighted by Crippen LogP contribution is -2.45. The Morgan fingerprint density at radius 2 is 1.74 bits per heavy atom. The third-order valence-electron chi connectivity index (χ3n) is 3.97. The number of hydrogen-bond donors (Lipinski definition) is 1. The molecule has 2 heterocycles. The van der Waals surface area contributed by atoms with E-state index in [1.165, 1.54) is 0 Å². The van der Waals surface area contributed by atoms with Gasteiger partial charge < -0.3 is 15.1 Å². The Kier molecular flexibility index (Phi) is 4.80. The van der Waals surface area contributed by atoms with Crippen LogP contribution in [-0.2, 0) is 9.59 Å². The molecule has 0 aliphatic carbocycles. The molecule has 2 fully saturated rings. The normalized spacial score (nSPS) is 24.7. The highest BCUT2D eigenvalue weighted by Gasteiger charge is 2.29. The van der Waals surface area contributed by atoms with Crippen LogP contribution in [0.25, 0.3) is 0 Å². The van der Waals surface area contributed by atoms with Gasteiger partial charge in [-0.1, -0.05) is 13.8 Å². The van der Waals surface area contributed by atoms with Crippen molar-refractivity contribution in [1.82, 2.24) is 15.1 Å². The van der Waals surface area contributed by atoms with Gasteiger partial charge in [0.15, 0.2) is 0 Å². The Hall–Kier alpha value is -1.10. The van der Waals surface area contributed by atoms with Crippen LogP contribution >= 0.6 is 0 Å². The minimum absolute atomic E-state index is 0.00681. The zero-order valence-corrected chi connectivity index (χ0v) is 12.0. The quantitative estimate of drug-likeness (QED) is 0.790. The lowest BCUT2D eigenvalue weighted by Gasteiger charge is -2.25. The summed E-state index contributed by atoms with van der Waals surface area (Å²) in [6, 6.07) is 0.00681. The molecule has 19 heavy (non-hydrogen) atoms. The summed E-state index contributed by atoms with van der Waals surface area (Å²) in [6.07, 6.45) is 2.92. The molecular formula is C14H25N3O2. The lowest BCUT2D eigenvalue weighted by molar-refractivity contribution is -0.136. The molecule has 0 aromatic rings. The molecule has 2 rings (SSSR count). The van der Waals surface area contributed by atoms with Crippen molar-refractivity contribution < 1.29 is 9.59 Å². The van der Waals surface area contributed by atoms with Crippen LogP contribution in [0.1, 0.15) is 33.1 Å². The molecule has 2 aliphatic heterocycles. The largest absolute Gasteiger partial charge is 0.341 e. The van der Waals surface area contributed by atoms with Crippen molar-refractivity contribution >= 4 is 11.8 Å². The van der Waals surface area contributed by atoms with Gasteiger partial charge in [-0.15, -0.1) is 0 Å². The zero-order valence-electron chi connectivity index (χ0n) is 12.0. The minimum atomic E-state index is 0.00681. The van der Waals surface area contributed by atoms with Gasteiger partial charge in [0.25, 0.3) is 0 Å². The van der Waals surface area contributed by atoms with Gasteiger partial charge in [0.2, 0.25) is 11.8 Å². The summed E-state index contributed by atoms with van der Waals surface area (Å²) in [6.45, 7) is 7.71. The molecule has 108 valence electrons. The van der Waals surface area contributed by atoms with Crippen LogP contribution in [0.5, 0.6) is 0 Å². The van der Waals surface area contributed by atoms with Crippen molar-refractivity contribution in [2.75, 3.05) is 32.7 Å². The van der Waals surface area contributed by atoms with Crippen molar-refractivity contribution in [3.8, 4) is 0 Å². The second-order valence-electron chi connectivity index (χ2n) is 5.81. The molecule has 5 nitrogen and oxygen atoms in total. The first kappa shape index (κ1) is 14.3. The van der Waals surface area contributed by atoms with E-state index in [-0.39, 0.29) is 23.8 Å². The van der Waals surface area contributed by atoms with Gasteiger partial charge in [-0.25, -0.2) is 0 Å². The van der Waals surface area contributed by atoms with Crippen LogP contribution in [0.3, 0.4) is 0 Å². The standard InChI is InChI=1S/C14H25N3O2/c1-11(2)13(18)16-7-4-8-17(10-9-16)14(19)12-5-3-6-15-12/h11-12,15H,3-10H2,1-2H3. The van der Waals surface area contributed by atoms with Crippen molar-refractivity contribution in [1.29, 1.82) is 0 Å². The lowest BCUT2D eigenvalue weighted by atomic mass is 10.2. The maximum Gasteiger partial charge on any atom is 0.239 e. The molecule has 2 saturated heterocycles. The van der Waals surface area contributed by atoms with Crippen LogP contribution in [-0.4, -0.2) is 60.4 Å². The van der Waals surface area contributed by atoms with Gasteiger partial charge in [0.05, 0.1) is 6.04 Å². The molecular weight excluding hydrogens is 242 g/mol. The predicted molar refractivity (Wildman–Crippen MR) is 73.6 cm³/mol. The summed E-state index contributed by atoms with van der Waals surface area (Å²) in [5, 5.41) is 3.25. The Morgan fingerprint density at radius 1 is 1.05 bits per heavy atom. The van der Waals surface area contributed by atoms with Crippen LogP contribution < -0.4 is 5.32 Å². The maximum atomic E-state index is 12.3. The van der Waals surface area contributed by atoms with E-state index in [0.29, 0.717) is 13.1 Å². The summed E-state index contributed by atoms with van der Waals surface area (Å²) < 4.78 is 0. The SMILES string of the molecule is CC(C)C(=O)N1CCCN(C(=O)C2CCCN2)CC1. The second-order valence-corrected chi connectivity index (χ2v) is 5.81. The molecule has 1 atom stereocenters. The van der Waals surface area contributed by atoms with Crippen molar-refractivity contribution in [3.05, 3.63) is 0 Å². The average Bonchev–Trinajstić information content (AvgIpc) is 2.81. The Labute approximate surface area is 115 Å². The highest BCUT2D eigenvalue weighted by atomic mass is 16.2. The van der Waals surface area contributed by atoms with Crippen molar-refractivity contribution in [2.45, 2.75) is 39.2 Å².